The Hall–Kier alpha value is -2.68. The summed E-state index contributed by atoms with van der Waals surface area (Å²) in [7, 11) is 0. The Kier molecular flexibility index (Phi) is 4.03. The molecule has 2 N–H and O–H groups in total. The van der Waals surface area contributed by atoms with Crippen LogP contribution in [0, 0.1) is 24.1 Å². The second-order valence-corrected chi connectivity index (χ2v) is 4.91. The SMILES string of the molecule is Cc1c(N)nc(C(C)C)nc1Oc1ccc(C#N)cc1F. The highest BCUT2D eigenvalue weighted by molar-refractivity contribution is 5.47. The number of anilines is 1. The number of nitrogen functional groups attached to an aromatic ring is 1. The predicted molar refractivity (Wildman–Crippen MR) is 76.5 cm³/mol. The Balaban J connectivity index is 2.42. The normalized spacial score (nSPS) is 10.5. The number of rotatable bonds is 3. The fraction of sp³-hybridized carbons (Fsp3) is 0.267. The lowest BCUT2D eigenvalue weighted by Crippen LogP contribution is -2.06. The van der Waals surface area contributed by atoms with E-state index < -0.39 is 5.82 Å². The van der Waals surface area contributed by atoms with Crippen molar-refractivity contribution in [1.29, 1.82) is 5.26 Å². The summed E-state index contributed by atoms with van der Waals surface area (Å²) in [6.07, 6.45) is 0. The number of aromatic nitrogens is 2. The van der Waals surface area contributed by atoms with Crippen LogP contribution in [0.2, 0.25) is 0 Å². The number of benzene rings is 1. The third kappa shape index (κ3) is 3.08. The van der Waals surface area contributed by atoms with Crippen molar-refractivity contribution in [2.45, 2.75) is 26.7 Å². The molecule has 2 rings (SSSR count). The van der Waals surface area contributed by atoms with Gasteiger partial charge in [-0.3, -0.25) is 0 Å². The molecule has 0 aliphatic carbocycles. The maximum absolute atomic E-state index is 13.9. The molecule has 0 saturated carbocycles. The summed E-state index contributed by atoms with van der Waals surface area (Å²) >= 11 is 0. The minimum absolute atomic E-state index is 0.00935. The molecule has 0 aliphatic heterocycles. The molecule has 108 valence electrons. The maximum atomic E-state index is 13.9. The van der Waals surface area contributed by atoms with Crippen LogP contribution in [0.3, 0.4) is 0 Å². The zero-order valence-electron chi connectivity index (χ0n) is 12.0. The first-order chi connectivity index (χ1) is 9.92. The largest absolute Gasteiger partial charge is 0.435 e. The molecule has 1 aromatic heterocycles. The van der Waals surface area contributed by atoms with Gasteiger partial charge in [0.05, 0.1) is 17.2 Å². The van der Waals surface area contributed by atoms with E-state index in [1.165, 1.54) is 12.1 Å². The van der Waals surface area contributed by atoms with Crippen molar-refractivity contribution in [3.05, 3.63) is 41.0 Å². The number of hydrogen-bond acceptors (Lipinski definition) is 5. The Morgan fingerprint density at radius 1 is 1.33 bits per heavy atom. The summed E-state index contributed by atoms with van der Waals surface area (Å²) < 4.78 is 19.4. The van der Waals surface area contributed by atoms with Gasteiger partial charge in [-0.05, 0) is 25.1 Å². The monoisotopic (exact) mass is 286 g/mol. The van der Waals surface area contributed by atoms with E-state index >= 15 is 0 Å². The minimum Gasteiger partial charge on any atom is -0.435 e. The van der Waals surface area contributed by atoms with Gasteiger partial charge >= 0.3 is 0 Å². The van der Waals surface area contributed by atoms with Crippen molar-refractivity contribution in [3.8, 4) is 17.7 Å². The summed E-state index contributed by atoms with van der Waals surface area (Å²) in [6.45, 7) is 5.56. The second-order valence-electron chi connectivity index (χ2n) is 4.91. The highest BCUT2D eigenvalue weighted by Crippen LogP contribution is 2.29. The Labute approximate surface area is 122 Å². The van der Waals surface area contributed by atoms with Gasteiger partial charge in [0, 0.05) is 5.92 Å². The molecule has 1 heterocycles. The molecular formula is C15H15FN4O. The maximum Gasteiger partial charge on any atom is 0.227 e. The van der Waals surface area contributed by atoms with Crippen LogP contribution in [-0.2, 0) is 0 Å². The summed E-state index contributed by atoms with van der Waals surface area (Å²) in [6, 6.07) is 5.84. The molecule has 0 unspecified atom stereocenters. The van der Waals surface area contributed by atoms with E-state index in [2.05, 4.69) is 9.97 Å². The van der Waals surface area contributed by atoms with E-state index in [1.54, 1.807) is 6.92 Å². The minimum atomic E-state index is -0.628. The zero-order valence-corrected chi connectivity index (χ0v) is 12.0. The third-order valence-electron chi connectivity index (χ3n) is 2.94. The van der Waals surface area contributed by atoms with Gasteiger partial charge in [-0.15, -0.1) is 0 Å². The van der Waals surface area contributed by atoms with E-state index in [4.69, 9.17) is 15.7 Å². The highest BCUT2D eigenvalue weighted by Gasteiger charge is 2.15. The van der Waals surface area contributed by atoms with E-state index in [-0.39, 0.29) is 23.1 Å². The molecule has 0 spiro atoms. The molecule has 21 heavy (non-hydrogen) atoms. The molecule has 5 nitrogen and oxygen atoms in total. The number of hydrogen-bond donors (Lipinski definition) is 1. The number of nitriles is 1. The Bertz CT molecular complexity index is 722. The van der Waals surface area contributed by atoms with Gasteiger partial charge in [0.15, 0.2) is 11.6 Å². The molecule has 0 aliphatic rings. The Morgan fingerprint density at radius 2 is 2.05 bits per heavy atom. The summed E-state index contributed by atoms with van der Waals surface area (Å²) in [4.78, 5) is 8.44. The van der Waals surface area contributed by atoms with Crippen molar-refractivity contribution in [2.75, 3.05) is 5.73 Å². The molecule has 0 saturated heterocycles. The summed E-state index contributed by atoms with van der Waals surface area (Å²) in [5.41, 5.74) is 6.60. The van der Waals surface area contributed by atoms with Crippen molar-refractivity contribution >= 4 is 5.82 Å². The van der Waals surface area contributed by atoms with Crippen LogP contribution in [0.5, 0.6) is 11.6 Å². The first-order valence-corrected chi connectivity index (χ1v) is 6.44. The molecule has 0 radical (unpaired) electrons. The van der Waals surface area contributed by atoms with Gasteiger partial charge in [-0.25, -0.2) is 9.37 Å². The molecule has 0 amide bonds. The number of ether oxygens (including phenoxy) is 1. The molecule has 0 atom stereocenters. The number of nitrogens with two attached hydrogens (primary N) is 1. The van der Waals surface area contributed by atoms with Gasteiger partial charge in [0.2, 0.25) is 5.88 Å². The topological polar surface area (TPSA) is 84.8 Å². The van der Waals surface area contributed by atoms with Gasteiger partial charge < -0.3 is 10.5 Å². The highest BCUT2D eigenvalue weighted by atomic mass is 19.1. The van der Waals surface area contributed by atoms with Crippen LogP contribution in [0.25, 0.3) is 0 Å². The van der Waals surface area contributed by atoms with Gasteiger partial charge in [-0.2, -0.15) is 10.2 Å². The van der Waals surface area contributed by atoms with E-state index in [0.29, 0.717) is 17.2 Å². The lowest BCUT2D eigenvalue weighted by Gasteiger charge is -2.13. The van der Waals surface area contributed by atoms with Crippen LogP contribution in [0.1, 0.15) is 36.7 Å². The molecule has 2 aromatic rings. The van der Waals surface area contributed by atoms with Crippen LogP contribution >= 0.6 is 0 Å². The average molecular weight is 286 g/mol. The smallest absolute Gasteiger partial charge is 0.227 e. The molecule has 0 bridgehead atoms. The average Bonchev–Trinajstić information content (AvgIpc) is 2.45. The number of halogens is 1. The quantitative estimate of drug-likeness (QED) is 0.935. The molecule has 6 heteroatoms. The van der Waals surface area contributed by atoms with Crippen LogP contribution in [0.4, 0.5) is 10.2 Å². The predicted octanol–water partition coefficient (Wildman–Crippen LogP) is 3.29. The first kappa shape index (κ1) is 14.7. The molecule has 0 fully saturated rings. The van der Waals surface area contributed by atoms with E-state index in [1.807, 2.05) is 19.9 Å². The van der Waals surface area contributed by atoms with Crippen molar-refractivity contribution < 1.29 is 9.13 Å². The first-order valence-electron chi connectivity index (χ1n) is 6.44. The van der Waals surface area contributed by atoms with E-state index in [0.717, 1.165) is 6.07 Å². The van der Waals surface area contributed by atoms with Gasteiger partial charge in [0.25, 0.3) is 0 Å². The summed E-state index contributed by atoms with van der Waals surface area (Å²) in [5, 5.41) is 8.73. The summed E-state index contributed by atoms with van der Waals surface area (Å²) in [5.74, 6) is 0.484. The fourth-order valence-electron chi connectivity index (χ4n) is 1.64. The Morgan fingerprint density at radius 3 is 2.62 bits per heavy atom. The van der Waals surface area contributed by atoms with Crippen LogP contribution in [0.15, 0.2) is 18.2 Å². The molecule has 1 aromatic carbocycles. The van der Waals surface area contributed by atoms with Crippen molar-refractivity contribution in [3.63, 3.8) is 0 Å². The van der Waals surface area contributed by atoms with Gasteiger partial charge in [0.1, 0.15) is 11.6 Å². The lowest BCUT2D eigenvalue weighted by molar-refractivity contribution is 0.420. The van der Waals surface area contributed by atoms with E-state index in [9.17, 15) is 4.39 Å². The zero-order chi connectivity index (χ0) is 15.6. The van der Waals surface area contributed by atoms with Crippen LogP contribution in [-0.4, -0.2) is 9.97 Å². The van der Waals surface area contributed by atoms with Crippen LogP contribution < -0.4 is 10.5 Å². The van der Waals surface area contributed by atoms with Crippen molar-refractivity contribution in [1.82, 2.24) is 9.97 Å². The van der Waals surface area contributed by atoms with Crippen molar-refractivity contribution in [2.24, 2.45) is 0 Å². The fourth-order valence-corrected chi connectivity index (χ4v) is 1.64. The number of nitrogens with zero attached hydrogens (tertiary/aromatic N) is 3. The third-order valence-corrected chi connectivity index (χ3v) is 2.94. The van der Waals surface area contributed by atoms with Gasteiger partial charge in [-0.1, -0.05) is 13.8 Å². The standard InChI is InChI=1S/C15H15FN4O/c1-8(2)14-19-13(18)9(3)15(20-14)21-12-5-4-10(7-17)6-11(12)16/h4-6,8H,1-3H3,(H2,18,19,20). The lowest BCUT2D eigenvalue weighted by atomic mass is 10.2. The molecular weight excluding hydrogens is 271 g/mol. The second kappa shape index (κ2) is 5.75.